The number of methoxy groups -OCH3 is 2. The van der Waals surface area contributed by atoms with Crippen LogP contribution in [0.25, 0.3) is 10.2 Å². The number of rotatable bonds is 6. The number of nitrogens with one attached hydrogen (secondary N) is 1. The summed E-state index contributed by atoms with van der Waals surface area (Å²) in [7, 11) is 3.32. The minimum absolute atomic E-state index is 0.0362. The monoisotopic (exact) mass is 412 g/mol. The number of nitrogens with zero attached hydrogens (tertiary/aromatic N) is 3. The van der Waals surface area contributed by atoms with E-state index in [2.05, 4.69) is 26.2 Å². The standard InChI is InChI=1S/C21H24N4O3S/c1-27-16-5-3-4-15(12-16)25-10-8-24(9-11-25)14-20(26)23-21-22-18-7-6-17(28-2)13-19(18)29-21/h3-7,12-13H,8-11,14H2,1-2H3,(H,22,23,26). The van der Waals surface area contributed by atoms with E-state index >= 15 is 0 Å². The SMILES string of the molecule is COc1cccc(N2CCN(CC(=O)Nc3nc4ccc(OC)cc4s3)CC2)c1. The Hall–Kier alpha value is -2.84. The van der Waals surface area contributed by atoms with Crippen LogP contribution in [-0.2, 0) is 4.79 Å². The van der Waals surface area contributed by atoms with Gasteiger partial charge in [0.2, 0.25) is 5.91 Å². The average Bonchev–Trinajstić information content (AvgIpc) is 3.15. The highest BCUT2D eigenvalue weighted by Gasteiger charge is 2.20. The summed E-state index contributed by atoms with van der Waals surface area (Å²) in [6.07, 6.45) is 0. The summed E-state index contributed by atoms with van der Waals surface area (Å²) in [5, 5.41) is 3.55. The molecular formula is C21H24N4O3S. The molecule has 29 heavy (non-hydrogen) atoms. The second-order valence-corrected chi connectivity index (χ2v) is 7.90. The molecule has 8 heteroatoms. The molecule has 152 valence electrons. The number of amides is 1. The average molecular weight is 413 g/mol. The molecular weight excluding hydrogens is 388 g/mol. The van der Waals surface area contributed by atoms with Gasteiger partial charge in [-0.25, -0.2) is 4.98 Å². The first-order valence-electron chi connectivity index (χ1n) is 9.50. The Morgan fingerprint density at radius 1 is 1.07 bits per heavy atom. The van der Waals surface area contributed by atoms with Crippen LogP contribution in [0.15, 0.2) is 42.5 Å². The third kappa shape index (κ3) is 4.60. The summed E-state index contributed by atoms with van der Waals surface area (Å²) in [5.41, 5.74) is 2.01. The molecule has 3 aromatic rings. The Labute approximate surface area is 173 Å². The van der Waals surface area contributed by atoms with Crippen LogP contribution in [0.4, 0.5) is 10.8 Å². The van der Waals surface area contributed by atoms with Gasteiger partial charge in [-0.05, 0) is 30.3 Å². The Morgan fingerprint density at radius 3 is 2.59 bits per heavy atom. The molecule has 1 aliphatic heterocycles. The minimum atomic E-state index is -0.0362. The molecule has 7 nitrogen and oxygen atoms in total. The number of hydrogen-bond acceptors (Lipinski definition) is 7. The maximum absolute atomic E-state index is 12.5. The quantitative estimate of drug-likeness (QED) is 0.671. The van der Waals surface area contributed by atoms with E-state index in [0.717, 1.165) is 53.6 Å². The number of carbonyl (C=O) groups excluding carboxylic acids is 1. The molecule has 2 aromatic carbocycles. The molecule has 2 heterocycles. The molecule has 0 atom stereocenters. The van der Waals surface area contributed by atoms with Gasteiger partial charge < -0.3 is 19.7 Å². The van der Waals surface area contributed by atoms with Gasteiger partial charge in [0, 0.05) is 37.9 Å². The second kappa shape index (κ2) is 8.67. The topological polar surface area (TPSA) is 66.9 Å². The molecule has 1 aliphatic rings. The number of carbonyl (C=O) groups is 1. The van der Waals surface area contributed by atoms with Gasteiger partial charge in [-0.3, -0.25) is 9.69 Å². The molecule has 0 saturated carbocycles. The number of ether oxygens (including phenoxy) is 2. The van der Waals surface area contributed by atoms with Gasteiger partial charge in [0.25, 0.3) is 0 Å². The lowest BCUT2D eigenvalue weighted by Crippen LogP contribution is -2.48. The number of thiazole rings is 1. The predicted octanol–water partition coefficient (Wildman–Crippen LogP) is 3.07. The molecule has 1 fully saturated rings. The van der Waals surface area contributed by atoms with Gasteiger partial charge >= 0.3 is 0 Å². The number of aromatic nitrogens is 1. The van der Waals surface area contributed by atoms with E-state index in [1.165, 1.54) is 11.3 Å². The molecule has 0 radical (unpaired) electrons. The fourth-order valence-electron chi connectivity index (χ4n) is 3.42. The van der Waals surface area contributed by atoms with Gasteiger partial charge in [-0.2, -0.15) is 0 Å². The molecule has 0 spiro atoms. The van der Waals surface area contributed by atoms with Crippen LogP contribution in [0.3, 0.4) is 0 Å². The van der Waals surface area contributed by atoms with Crippen molar-refractivity contribution in [3.63, 3.8) is 0 Å². The first kappa shape index (κ1) is 19.5. The number of hydrogen-bond donors (Lipinski definition) is 1. The van der Waals surface area contributed by atoms with Crippen LogP contribution in [0.2, 0.25) is 0 Å². The fraction of sp³-hybridized carbons (Fsp3) is 0.333. The summed E-state index contributed by atoms with van der Waals surface area (Å²) < 4.78 is 11.5. The third-order valence-corrected chi connectivity index (χ3v) is 5.93. The summed E-state index contributed by atoms with van der Waals surface area (Å²) in [6, 6.07) is 13.8. The van der Waals surface area contributed by atoms with E-state index in [4.69, 9.17) is 9.47 Å². The second-order valence-electron chi connectivity index (χ2n) is 6.87. The lowest BCUT2D eigenvalue weighted by Gasteiger charge is -2.35. The highest BCUT2D eigenvalue weighted by molar-refractivity contribution is 7.22. The smallest absolute Gasteiger partial charge is 0.240 e. The summed E-state index contributed by atoms with van der Waals surface area (Å²) in [6.45, 7) is 3.79. The van der Waals surface area contributed by atoms with Crippen molar-refractivity contribution in [1.82, 2.24) is 9.88 Å². The van der Waals surface area contributed by atoms with Crippen LogP contribution in [0, 0.1) is 0 Å². The van der Waals surface area contributed by atoms with Gasteiger partial charge in [0.15, 0.2) is 5.13 Å². The Balaban J connectivity index is 1.30. The summed E-state index contributed by atoms with van der Waals surface area (Å²) in [4.78, 5) is 21.4. The van der Waals surface area contributed by atoms with Crippen molar-refractivity contribution in [2.45, 2.75) is 0 Å². The van der Waals surface area contributed by atoms with E-state index in [1.54, 1.807) is 14.2 Å². The van der Waals surface area contributed by atoms with Crippen LogP contribution in [0.1, 0.15) is 0 Å². The Kier molecular flexibility index (Phi) is 5.82. The lowest BCUT2D eigenvalue weighted by molar-refractivity contribution is -0.117. The molecule has 1 N–H and O–H groups in total. The maximum Gasteiger partial charge on any atom is 0.240 e. The lowest BCUT2D eigenvalue weighted by atomic mass is 10.2. The van der Waals surface area contributed by atoms with E-state index in [-0.39, 0.29) is 5.91 Å². The van der Waals surface area contributed by atoms with Crippen LogP contribution in [-0.4, -0.2) is 62.7 Å². The highest BCUT2D eigenvalue weighted by atomic mass is 32.1. The first-order valence-corrected chi connectivity index (χ1v) is 10.3. The van der Waals surface area contributed by atoms with Gasteiger partial charge in [-0.1, -0.05) is 17.4 Å². The highest BCUT2D eigenvalue weighted by Crippen LogP contribution is 2.29. The zero-order valence-corrected chi connectivity index (χ0v) is 17.4. The molecule has 4 rings (SSSR count). The molecule has 0 aliphatic carbocycles. The van der Waals surface area contributed by atoms with Crippen molar-refractivity contribution < 1.29 is 14.3 Å². The Morgan fingerprint density at radius 2 is 1.83 bits per heavy atom. The third-order valence-electron chi connectivity index (χ3n) is 5.00. The van der Waals surface area contributed by atoms with Crippen LogP contribution in [0.5, 0.6) is 11.5 Å². The zero-order chi connectivity index (χ0) is 20.2. The molecule has 0 bridgehead atoms. The van der Waals surface area contributed by atoms with Crippen molar-refractivity contribution in [2.75, 3.05) is 57.2 Å². The van der Waals surface area contributed by atoms with E-state index in [0.29, 0.717) is 11.7 Å². The van der Waals surface area contributed by atoms with Crippen molar-refractivity contribution in [1.29, 1.82) is 0 Å². The van der Waals surface area contributed by atoms with Gasteiger partial charge in [-0.15, -0.1) is 0 Å². The van der Waals surface area contributed by atoms with Crippen molar-refractivity contribution in [3.8, 4) is 11.5 Å². The van der Waals surface area contributed by atoms with E-state index in [9.17, 15) is 4.79 Å². The molecule has 1 amide bonds. The fourth-order valence-corrected chi connectivity index (χ4v) is 4.33. The van der Waals surface area contributed by atoms with E-state index < -0.39 is 0 Å². The zero-order valence-electron chi connectivity index (χ0n) is 16.6. The van der Waals surface area contributed by atoms with Crippen molar-refractivity contribution >= 4 is 38.3 Å². The maximum atomic E-state index is 12.5. The first-order chi connectivity index (χ1) is 14.1. The van der Waals surface area contributed by atoms with Crippen LogP contribution < -0.4 is 19.7 Å². The number of benzene rings is 2. The normalized spacial score (nSPS) is 14.8. The molecule has 0 unspecified atom stereocenters. The van der Waals surface area contributed by atoms with E-state index in [1.807, 2.05) is 36.4 Å². The number of fused-ring (bicyclic) bond motifs is 1. The molecule has 1 saturated heterocycles. The summed E-state index contributed by atoms with van der Waals surface area (Å²) >= 11 is 1.46. The van der Waals surface area contributed by atoms with Crippen molar-refractivity contribution in [2.24, 2.45) is 0 Å². The Bertz CT molecular complexity index is 999. The minimum Gasteiger partial charge on any atom is -0.497 e. The van der Waals surface area contributed by atoms with Crippen molar-refractivity contribution in [3.05, 3.63) is 42.5 Å². The number of anilines is 2. The van der Waals surface area contributed by atoms with Crippen LogP contribution >= 0.6 is 11.3 Å². The number of piperazine rings is 1. The van der Waals surface area contributed by atoms with Gasteiger partial charge in [0.05, 0.1) is 31.0 Å². The van der Waals surface area contributed by atoms with Gasteiger partial charge in [0.1, 0.15) is 11.5 Å². The summed E-state index contributed by atoms with van der Waals surface area (Å²) in [5.74, 6) is 1.61. The predicted molar refractivity (Wildman–Crippen MR) is 116 cm³/mol. The largest absolute Gasteiger partial charge is 0.497 e. The molecule has 1 aromatic heterocycles.